The van der Waals surface area contributed by atoms with E-state index in [1.807, 2.05) is 0 Å². The normalized spacial score (nSPS) is 30.1. The van der Waals surface area contributed by atoms with Crippen LogP contribution in [0.15, 0.2) is 30.3 Å². The van der Waals surface area contributed by atoms with Crippen molar-refractivity contribution in [3.8, 4) is 0 Å². The van der Waals surface area contributed by atoms with Crippen LogP contribution >= 0.6 is 22.6 Å². The summed E-state index contributed by atoms with van der Waals surface area (Å²) in [6.45, 7) is 4.39. The Balaban J connectivity index is 2.14. The number of halogens is 1. The minimum atomic E-state index is -0.000676. The fourth-order valence-electron chi connectivity index (χ4n) is 2.05. The highest BCUT2D eigenvalue weighted by Crippen LogP contribution is 2.40. The van der Waals surface area contributed by atoms with Gasteiger partial charge in [0.25, 0.3) is 0 Å². The van der Waals surface area contributed by atoms with Crippen LogP contribution < -0.4 is 0 Å². The Kier molecular flexibility index (Phi) is 3.36. The highest BCUT2D eigenvalue weighted by Gasteiger charge is 2.36. The standard InChI is InChI=1S/C13H17IO/c1-13(2)12(14)9-8-11(15-13)10-6-4-3-5-7-10/h3-7,11-12H,8-9H2,1-2H3/t11-,12+/m1/s1. The molecule has 1 aromatic rings. The molecule has 0 amide bonds. The zero-order chi connectivity index (χ0) is 10.9. The van der Waals surface area contributed by atoms with Gasteiger partial charge in [-0.05, 0) is 32.3 Å². The number of rotatable bonds is 1. The molecule has 0 spiro atoms. The summed E-state index contributed by atoms with van der Waals surface area (Å²) < 4.78 is 6.79. The van der Waals surface area contributed by atoms with Crippen LogP contribution in [0.4, 0.5) is 0 Å². The topological polar surface area (TPSA) is 9.23 Å². The van der Waals surface area contributed by atoms with Crippen molar-refractivity contribution in [2.45, 2.75) is 42.3 Å². The molecule has 0 saturated carbocycles. The first-order valence-corrected chi connectivity index (χ1v) is 6.71. The lowest BCUT2D eigenvalue weighted by molar-refractivity contribution is -0.101. The summed E-state index contributed by atoms with van der Waals surface area (Å²) in [7, 11) is 0. The van der Waals surface area contributed by atoms with E-state index in [2.05, 4.69) is 66.8 Å². The second-order valence-electron chi connectivity index (χ2n) is 4.67. The molecule has 1 fully saturated rings. The van der Waals surface area contributed by atoms with Gasteiger partial charge < -0.3 is 4.74 Å². The third-order valence-electron chi connectivity index (χ3n) is 3.05. The van der Waals surface area contributed by atoms with Gasteiger partial charge in [0, 0.05) is 3.92 Å². The first-order valence-electron chi connectivity index (χ1n) is 5.46. The van der Waals surface area contributed by atoms with Gasteiger partial charge in [-0.3, -0.25) is 0 Å². The van der Waals surface area contributed by atoms with E-state index in [1.54, 1.807) is 0 Å². The molecule has 1 aliphatic rings. The Labute approximate surface area is 105 Å². The predicted octanol–water partition coefficient (Wildman–Crippen LogP) is 4.12. The van der Waals surface area contributed by atoms with Gasteiger partial charge in [0.15, 0.2) is 0 Å². The van der Waals surface area contributed by atoms with Crippen LogP contribution in [-0.4, -0.2) is 9.53 Å². The highest BCUT2D eigenvalue weighted by atomic mass is 127. The van der Waals surface area contributed by atoms with E-state index < -0.39 is 0 Å². The molecular formula is C13H17IO. The van der Waals surface area contributed by atoms with E-state index in [-0.39, 0.29) is 11.7 Å². The largest absolute Gasteiger partial charge is 0.367 e. The average molecular weight is 316 g/mol. The lowest BCUT2D eigenvalue weighted by atomic mass is 9.92. The molecule has 0 radical (unpaired) electrons. The maximum Gasteiger partial charge on any atom is 0.0833 e. The van der Waals surface area contributed by atoms with Crippen LogP contribution in [0.2, 0.25) is 0 Å². The summed E-state index contributed by atoms with van der Waals surface area (Å²) in [5.74, 6) is 0. The van der Waals surface area contributed by atoms with Crippen molar-refractivity contribution < 1.29 is 4.74 Å². The van der Waals surface area contributed by atoms with Crippen molar-refractivity contribution in [3.05, 3.63) is 35.9 Å². The Morgan fingerprint density at radius 3 is 2.47 bits per heavy atom. The van der Waals surface area contributed by atoms with E-state index in [0.29, 0.717) is 3.92 Å². The Bertz CT molecular complexity index is 321. The van der Waals surface area contributed by atoms with Crippen molar-refractivity contribution in [2.24, 2.45) is 0 Å². The van der Waals surface area contributed by atoms with Gasteiger partial charge >= 0.3 is 0 Å². The maximum absolute atomic E-state index is 6.16. The Hall–Kier alpha value is -0.0900. The third kappa shape index (κ3) is 2.53. The summed E-state index contributed by atoms with van der Waals surface area (Å²) in [5.41, 5.74) is 1.31. The van der Waals surface area contributed by atoms with Gasteiger partial charge in [-0.1, -0.05) is 52.9 Å². The molecule has 1 nitrogen and oxygen atoms in total. The predicted molar refractivity (Wildman–Crippen MR) is 71.4 cm³/mol. The minimum absolute atomic E-state index is 0.000676. The van der Waals surface area contributed by atoms with Gasteiger partial charge in [0.2, 0.25) is 0 Å². The molecule has 1 heterocycles. The first kappa shape index (κ1) is 11.4. The van der Waals surface area contributed by atoms with Gasteiger partial charge in [0.05, 0.1) is 11.7 Å². The van der Waals surface area contributed by atoms with Gasteiger partial charge in [0.1, 0.15) is 0 Å². The first-order chi connectivity index (χ1) is 7.09. The molecule has 2 heteroatoms. The van der Waals surface area contributed by atoms with Crippen molar-refractivity contribution in [2.75, 3.05) is 0 Å². The Morgan fingerprint density at radius 1 is 1.20 bits per heavy atom. The fraction of sp³-hybridized carbons (Fsp3) is 0.538. The second kappa shape index (κ2) is 4.42. The summed E-state index contributed by atoms with van der Waals surface area (Å²) in [6, 6.07) is 10.5. The highest BCUT2D eigenvalue weighted by molar-refractivity contribution is 14.1. The van der Waals surface area contributed by atoms with E-state index in [4.69, 9.17) is 4.74 Å². The molecule has 1 aromatic carbocycles. The van der Waals surface area contributed by atoms with Crippen LogP contribution in [0.5, 0.6) is 0 Å². The molecule has 0 aliphatic carbocycles. The van der Waals surface area contributed by atoms with Gasteiger partial charge in [-0.15, -0.1) is 0 Å². The zero-order valence-electron chi connectivity index (χ0n) is 9.24. The molecule has 2 rings (SSSR count). The molecule has 0 N–H and O–H groups in total. The number of hydrogen-bond acceptors (Lipinski definition) is 1. The molecule has 1 aliphatic heterocycles. The molecular weight excluding hydrogens is 299 g/mol. The molecule has 15 heavy (non-hydrogen) atoms. The Morgan fingerprint density at radius 2 is 1.87 bits per heavy atom. The quantitative estimate of drug-likeness (QED) is 0.559. The molecule has 0 unspecified atom stereocenters. The van der Waals surface area contributed by atoms with E-state index in [1.165, 1.54) is 12.0 Å². The molecule has 2 atom stereocenters. The van der Waals surface area contributed by atoms with Gasteiger partial charge in [-0.25, -0.2) is 0 Å². The van der Waals surface area contributed by atoms with Crippen LogP contribution in [0, 0.1) is 0 Å². The van der Waals surface area contributed by atoms with Crippen LogP contribution in [0.1, 0.15) is 38.4 Å². The lowest BCUT2D eigenvalue weighted by Gasteiger charge is -2.40. The van der Waals surface area contributed by atoms with Crippen molar-refractivity contribution >= 4 is 22.6 Å². The van der Waals surface area contributed by atoms with Crippen LogP contribution in [-0.2, 0) is 4.74 Å². The molecule has 0 bridgehead atoms. The second-order valence-corrected chi connectivity index (χ2v) is 6.17. The van der Waals surface area contributed by atoms with Crippen molar-refractivity contribution in [1.82, 2.24) is 0 Å². The minimum Gasteiger partial charge on any atom is -0.367 e. The number of benzene rings is 1. The van der Waals surface area contributed by atoms with Crippen LogP contribution in [0.3, 0.4) is 0 Å². The van der Waals surface area contributed by atoms with E-state index in [9.17, 15) is 0 Å². The molecule has 1 saturated heterocycles. The zero-order valence-corrected chi connectivity index (χ0v) is 11.4. The number of ether oxygens (including phenoxy) is 1. The van der Waals surface area contributed by atoms with Crippen molar-refractivity contribution in [3.63, 3.8) is 0 Å². The molecule has 82 valence electrons. The van der Waals surface area contributed by atoms with E-state index in [0.717, 1.165) is 6.42 Å². The lowest BCUT2D eigenvalue weighted by Crippen LogP contribution is -2.40. The summed E-state index contributed by atoms with van der Waals surface area (Å²) in [5, 5.41) is 0. The number of hydrogen-bond donors (Lipinski definition) is 0. The monoisotopic (exact) mass is 316 g/mol. The fourth-order valence-corrected chi connectivity index (χ4v) is 2.55. The van der Waals surface area contributed by atoms with Gasteiger partial charge in [-0.2, -0.15) is 0 Å². The summed E-state index contributed by atoms with van der Waals surface area (Å²) >= 11 is 2.50. The number of alkyl halides is 1. The summed E-state index contributed by atoms with van der Waals surface area (Å²) in [4.78, 5) is 0. The van der Waals surface area contributed by atoms with E-state index >= 15 is 0 Å². The van der Waals surface area contributed by atoms with Crippen molar-refractivity contribution in [1.29, 1.82) is 0 Å². The average Bonchev–Trinajstić information content (AvgIpc) is 2.23. The maximum atomic E-state index is 6.16. The third-order valence-corrected chi connectivity index (χ3v) is 5.18. The SMILES string of the molecule is CC1(C)O[C@@H](c2ccccc2)CC[C@@H]1I. The smallest absolute Gasteiger partial charge is 0.0833 e. The molecule has 0 aromatic heterocycles. The summed E-state index contributed by atoms with van der Waals surface area (Å²) in [6.07, 6.45) is 2.67. The van der Waals surface area contributed by atoms with Crippen LogP contribution in [0.25, 0.3) is 0 Å².